The highest BCUT2D eigenvalue weighted by Crippen LogP contribution is 2.41. The van der Waals surface area contributed by atoms with Crippen LogP contribution in [0, 0.1) is 0 Å². The third-order valence-corrected chi connectivity index (χ3v) is 5.70. The van der Waals surface area contributed by atoms with E-state index in [1.165, 1.54) is 23.8 Å². The molecular formula is C28H32O5. The molecule has 0 saturated carbocycles. The van der Waals surface area contributed by atoms with E-state index < -0.39 is 5.43 Å². The number of aromatic hydroxyl groups is 3. The molecule has 0 bridgehead atoms. The Morgan fingerprint density at radius 2 is 1.55 bits per heavy atom. The molecule has 0 spiro atoms. The summed E-state index contributed by atoms with van der Waals surface area (Å²) >= 11 is 0. The van der Waals surface area contributed by atoms with Crippen molar-refractivity contribution < 1.29 is 19.7 Å². The van der Waals surface area contributed by atoms with Gasteiger partial charge in [0.25, 0.3) is 0 Å². The van der Waals surface area contributed by atoms with E-state index >= 15 is 0 Å². The lowest BCUT2D eigenvalue weighted by molar-refractivity contribution is 0.439. The van der Waals surface area contributed by atoms with Crippen LogP contribution in [-0.2, 0) is 12.8 Å². The van der Waals surface area contributed by atoms with E-state index in [1.807, 2.05) is 32.9 Å². The Hall–Kier alpha value is -3.47. The zero-order valence-corrected chi connectivity index (χ0v) is 20.0. The van der Waals surface area contributed by atoms with Crippen molar-refractivity contribution in [2.75, 3.05) is 0 Å². The van der Waals surface area contributed by atoms with Crippen molar-refractivity contribution in [1.82, 2.24) is 0 Å². The predicted molar refractivity (Wildman–Crippen MR) is 134 cm³/mol. The van der Waals surface area contributed by atoms with E-state index in [2.05, 4.69) is 19.9 Å². The van der Waals surface area contributed by atoms with Gasteiger partial charge in [0.1, 0.15) is 33.8 Å². The van der Waals surface area contributed by atoms with Crippen LogP contribution in [0.25, 0.3) is 21.9 Å². The minimum atomic E-state index is -0.441. The molecule has 0 aliphatic heterocycles. The molecule has 0 saturated heterocycles. The summed E-state index contributed by atoms with van der Waals surface area (Å²) in [7, 11) is 0. The Balaban J connectivity index is 2.22. The van der Waals surface area contributed by atoms with Gasteiger partial charge >= 0.3 is 0 Å². The molecule has 0 aliphatic rings. The van der Waals surface area contributed by atoms with Gasteiger partial charge in [0, 0.05) is 11.1 Å². The number of rotatable bonds is 7. The standard InChI is InChI=1S/C28H32O5/c1-16(2)7-6-8-18(5)10-13-20-25(30)21(12-9-17(3)4)28-24(26(20)31)27(32)22-15-19(29)11-14-23(22)33-28/h7,9-11,14-15,29-31H,6,8,12-13H2,1-5H3/b18-10+. The first-order valence-electron chi connectivity index (χ1n) is 11.2. The molecule has 3 rings (SSSR count). The summed E-state index contributed by atoms with van der Waals surface area (Å²) < 4.78 is 5.98. The first-order valence-corrected chi connectivity index (χ1v) is 11.2. The summed E-state index contributed by atoms with van der Waals surface area (Å²) in [6.07, 6.45) is 8.52. The lowest BCUT2D eigenvalue weighted by atomic mass is 9.96. The van der Waals surface area contributed by atoms with E-state index in [0.29, 0.717) is 17.5 Å². The van der Waals surface area contributed by atoms with Crippen LogP contribution < -0.4 is 5.43 Å². The summed E-state index contributed by atoms with van der Waals surface area (Å²) in [5.41, 5.74) is 4.22. The number of hydrogen-bond donors (Lipinski definition) is 3. The van der Waals surface area contributed by atoms with Crippen LogP contribution in [-0.4, -0.2) is 15.3 Å². The maximum Gasteiger partial charge on any atom is 0.204 e. The highest BCUT2D eigenvalue weighted by molar-refractivity contribution is 5.97. The molecule has 5 nitrogen and oxygen atoms in total. The van der Waals surface area contributed by atoms with Crippen LogP contribution in [0.2, 0.25) is 0 Å². The lowest BCUT2D eigenvalue weighted by Crippen LogP contribution is -2.06. The van der Waals surface area contributed by atoms with Crippen molar-refractivity contribution in [3.63, 3.8) is 0 Å². The zero-order chi connectivity index (χ0) is 24.3. The molecule has 2 aromatic carbocycles. The molecule has 0 unspecified atom stereocenters. The second kappa shape index (κ2) is 9.99. The van der Waals surface area contributed by atoms with Gasteiger partial charge in [-0.05, 0) is 78.5 Å². The molecule has 0 radical (unpaired) electrons. The van der Waals surface area contributed by atoms with Gasteiger partial charge in [-0.2, -0.15) is 0 Å². The van der Waals surface area contributed by atoms with Gasteiger partial charge in [0.2, 0.25) is 5.43 Å². The smallest absolute Gasteiger partial charge is 0.204 e. The summed E-state index contributed by atoms with van der Waals surface area (Å²) in [6.45, 7) is 10.0. The van der Waals surface area contributed by atoms with Crippen LogP contribution >= 0.6 is 0 Å². The second-order valence-corrected chi connectivity index (χ2v) is 9.03. The average molecular weight is 449 g/mol. The molecule has 0 amide bonds. The Bertz CT molecular complexity index is 1340. The van der Waals surface area contributed by atoms with Crippen molar-refractivity contribution in [2.24, 2.45) is 0 Å². The van der Waals surface area contributed by atoms with Gasteiger partial charge in [0.05, 0.1) is 5.39 Å². The van der Waals surface area contributed by atoms with E-state index in [0.717, 1.165) is 24.0 Å². The highest BCUT2D eigenvalue weighted by Gasteiger charge is 2.23. The SMILES string of the molecule is CC(C)=CCC/C(C)=C/Cc1c(O)c(CC=C(C)C)c2oc3ccc(O)cc3c(=O)c2c1O. The third-order valence-electron chi connectivity index (χ3n) is 5.70. The summed E-state index contributed by atoms with van der Waals surface area (Å²) in [5, 5.41) is 32.2. The fraction of sp³-hybridized carbons (Fsp3) is 0.321. The molecule has 33 heavy (non-hydrogen) atoms. The predicted octanol–water partition coefficient (Wildman–Crippen LogP) is 6.81. The van der Waals surface area contributed by atoms with Gasteiger partial charge in [-0.15, -0.1) is 0 Å². The van der Waals surface area contributed by atoms with Crippen LogP contribution in [0.4, 0.5) is 0 Å². The van der Waals surface area contributed by atoms with Crippen molar-refractivity contribution in [3.8, 4) is 17.2 Å². The van der Waals surface area contributed by atoms with Gasteiger partial charge in [0.15, 0.2) is 0 Å². The van der Waals surface area contributed by atoms with Crippen molar-refractivity contribution in [2.45, 2.75) is 60.3 Å². The fourth-order valence-electron chi connectivity index (χ4n) is 3.82. The van der Waals surface area contributed by atoms with Crippen molar-refractivity contribution in [3.05, 3.63) is 74.5 Å². The van der Waals surface area contributed by atoms with Gasteiger partial charge in [-0.25, -0.2) is 0 Å². The Kier molecular flexibility index (Phi) is 7.32. The number of hydrogen-bond acceptors (Lipinski definition) is 5. The van der Waals surface area contributed by atoms with Crippen LogP contribution in [0.3, 0.4) is 0 Å². The van der Waals surface area contributed by atoms with E-state index in [4.69, 9.17) is 4.42 Å². The number of phenols is 3. The average Bonchev–Trinajstić information content (AvgIpc) is 2.73. The van der Waals surface area contributed by atoms with Gasteiger partial charge < -0.3 is 19.7 Å². The Labute approximate surface area is 194 Å². The first kappa shape index (κ1) is 24.2. The summed E-state index contributed by atoms with van der Waals surface area (Å²) in [6, 6.07) is 4.27. The molecule has 0 fully saturated rings. The Morgan fingerprint density at radius 3 is 2.21 bits per heavy atom. The third kappa shape index (κ3) is 5.30. The maximum absolute atomic E-state index is 13.3. The first-order chi connectivity index (χ1) is 15.6. The topological polar surface area (TPSA) is 90.9 Å². The number of benzene rings is 2. The fourth-order valence-corrected chi connectivity index (χ4v) is 3.82. The molecule has 3 N–H and O–H groups in total. The monoisotopic (exact) mass is 448 g/mol. The molecule has 174 valence electrons. The molecule has 5 heteroatoms. The minimum absolute atomic E-state index is 0.0219. The van der Waals surface area contributed by atoms with E-state index in [1.54, 1.807) is 0 Å². The van der Waals surface area contributed by atoms with Crippen LogP contribution in [0.5, 0.6) is 17.2 Å². The maximum atomic E-state index is 13.3. The molecular weight excluding hydrogens is 416 g/mol. The van der Waals surface area contributed by atoms with Crippen LogP contribution in [0.1, 0.15) is 58.6 Å². The normalized spacial score (nSPS) is 11.7. The summed E-state index contributed by atoms with van der Waals surface area (Å²) in [4.78, 5) is 13.3. The Morgan fingerprint density at radius 1 is 0.879 bits per heavy atom. The number of allylic oxidation sites excluding steroid dienone is 6. The largest absolute Gasteiger partial charge is 0.508 e. The van der Waals surface area contributed by atoms with Crippen molar-refractivity contribution >= 4 is 21.9 Å². The zero-order valence-electron chi connectivity index (χ0n) is 20.0. The second-order valence-electron chi connectivity index (χ2n) is 9.03. The summed E-state index contributed by atoms with van der Waals surface area (Å²) in [5.74, 6) is -0.407. The van der Waals surface area contributed by atoms with Gasteiger partial charge in [-0.3, -0.25) is 4.79 Å². The quantitative estimate of drug-likeness (QED) is 0.273. The van der Waals surface area contributed by atoms with Crippen LogP contribution in [0.15, 0.2) is 62.4 Å². The lowest BCUT2D eigenvalue weighted by Gasteiger charge is -2.15. The van der Waals surface area contributed by atoms with Gasteiger partial charge in [-0.1, -0.05) is 34.9 Å². The number of fused-ring (bicyclic) bond motifs is 2. The van der Waals surface area contributed by atoms with E-state index in [-0.39, 0.29) is 45.6 Å². The van der Waals surface area contributed by atoms with Crippen molar-refractivity contribution in [1.29, 1.82) is 0 Å². The molecule has 1 heterocycles. The molecule has 1 aromatic heterocycles. The molecule has 0 aliphatic carbocycles. The highest BCUT2D eigenvalue weighted by atomic mass is 16.3. The number of phenolic OH excluding ortho intramolecular Hbond substituents is 3. The molecule has 3 aromatic rings. The minimum Gasteiger partial charge on any atom is -0.508 e. The molecule has 0 atom stereocenters. The van der Waals surface area contributed by atoms with E-state index in [9.17, 15) is 20.1 Å².